The number of aryl methyl sites for hydroxylation is 2. The molecule has 2 rings (SSSR count). The van der Waals surface area contributed by atoms with Crippen molar-refractivity contribution in [2.75, 3.05) is 26.8 Å². The summed E-state index contributed by atoms with van der Waals surface area (Å²) in [6.07, 6.45) is 5.05. The molecule has 0 heterocycles. The maximum atomic E-state index is 5.28. The summed E-state index contributed by atoms with van der Waals surface area (Å²) in [5, 5.41) is 6.92. The summed E-state index contributed by atoms with van der Waals surface area (Å²) in [7, 11) is 1.79. The van der Waals surface area contributed by atoms with Crippen molar-refractivity contribution in [3.8, 4) is 0 Å². The van der Waals surface area contributed by atoms with Gasteiger partial charge in [-0.3, -0.25) is 0 Å². The van der Waals surface area contributed by atoms with Gasteiger partial charge in [0.1, 0.15) is 0 Å². The highest BCUT2D eigenvalue weighted by Crippen LogP contribution is 2.43. The Labute approximate surface area is 147 Å². The van der Waals surface area contributed by atoms with Crippen LogP contribution in [0.3, 0.4) is 0 Å². The number of rotatable bonds is 8. The Morgan fingerprint density at radius 2 is 2.04 bits per heavy atom. The topological polar surface area (TPSA) is 45.7 Å². The van der Waals surface area contributed by atoms with Gasteiger partial charge in [-0.15, -0.1) is 0 Å². The van der Waals surface area contributed by atoms with Crippen LogP contribution in [-0.4, -0.2) is 32.8 Å². The molecular formula is C20H33N3O. The molecule has 0 saturated heterocycles. The van der Waals surface area contributed by atoms with Gasteiger partial charge in [-0.05, 0) is 56.6 Å². The molecule has 0 amide bonds. The van der Waals surface area contributed by atoms with E-state index >= 15 is 0 Å². The van der Waals surface area contributed by atoms with E-state index in [1.54, 1.807) is 7.11 Å². The maximum absolute atomic E-state index is 5.28. The van der Waals surface area contributed by atoms with E-state index in [1.165, 1.54) is 36.0 Å². The van der Waals surface area contributed by atoms with Gasteiger partial charge in [-0.25, -0.2) is 4.99 Å². The second-order valence-electron chi connectivity index (χ2n) is 7.08. The van der Waals surface area contributed by atoms with Crippen molar-refractivity contribution in [3.05, 3.63) is 34.9 Å². The average molecular weight is 332 g/mol. The van der Waals surface area contributed by atoms with Crippen molar-refractivity contribution in [2.45, 2.75) is 53.0 Å². The lowest BCUT2D eigenvalue weighted by Gasteiger charge is -2.42. The first-order chi connectivity index (χ1) is 11.6. The minimum Gasteiger partial charge on any atom is -0.385 e. The number of aliphatic imine (C=N–C) groups is 1. The highest BCUT2D eigenvalue weighted by Gasteiger charge is 2.36. The molecule has 134 valence electrons. The van der Waals surface area contributed by atoms with Crippen LogP contribution in [-0.2, 0) is 11.3 Å². The van der Waals surface area contributed by atoms with Gasteiger partial charge >= 0.3 is 0 Å². The Kier molecular flexibility index (Phi) is 7.10. The minimum absolute atomic E-state index is 0.395. The summed E-state index contributed by atoms with van der Waals surface area (Å²) in [4.78, 5) is 4.78. The van der Waals surface area contributed by atoms with Crippen LogP contribution >= 0.6 is 0 Å². The number of nitrogens with zero attached hydrogens (tertiary/aromatic N) is 1. The van der Waals surface area contributed by atoms with Gasteiger partial charge in [0.05, 0.1) is 6.54 Å². The van der Waals surface area contributed by atoms with Crippen molar-refractivity contribution in [1.82, 2.24) is 10.6 Å². The van der Waals surface area contributed by atoms with Gasteiger partial charge in [0.25, 0.3) is 0 Å². The van der Waals surface area contributed by atoms with Gasteiger partial charge in [0, 0.05) is 26.8 Å². The van der Waals surface area contributed by atoms with E-state index in [4.69, 9.17) is 9.73 Å². The van der Waals surface area contributed by atoms with E-state index in [1.807, 2.05) is 0 Å². The smallest absolute Gasteiger partial charge is 0.191 e. The Hall–Kier alpha value is -1.55. The Morgan fingerprint density at radius 3 is 2.62 bits per heavy atom. The molecule has 4 heteroatoms. The average Bonchev–Trinajstić information content (AvgIpc) is 2.52. The standard InChI is InChI=1S/C20H33N3O/c1-5-21-19(22-14-18-8-7-16(2)13-17(18)3)23-15-20(9-6-10-20)11-12-24-4/h7-8,13H,5-6,9-12,14-15H2,1-4H3,(H2,21,22,23). The van der Waals surface area contributed by atoms with Crippen molar-refractivity contribution in [3.63, 3.8) is 0 Å². The molecule has 0 atom stereocenters. The number of ether oxygens (including phenoxy) is 1. The first-order valence-electron chi connectivity index (χ1n) is 9.16. The first-order valence-corrected chi connectivity index (χ1v) is 9.16. The Bertz CT molecular complexity index is 550. The molecule has 1 aliphatic carbocycles. The fourth-order valence-electron chi connectivity index (χ4n) is 3.31. The van der Waals surface area contributed by atoms with E-state index in [0.717, 1.165) is 32.1 Å². The highest BCUT2D eigenvalue weighted by atomic mass is 16.5. The largest absolute Gasteiger partial charge is 0.385 e. The normalized spacial score (nSPS) is 16.6. The van der Waals surface area contributed by atoms with Crippen LogP contribution in [0.1, 0.15) is 49.3 Å². The summed E-state index contributed by atoms with van der Waals surface area (Å²) in [5.41, 5.74) is 4.29. The van der Waals surface area contributed by atoms with Crippen LogP contribution in [0.2, 0.25) is 0 Å². The lowest BCUT2D eigenvalue weighted by molar-refractivity contribution is 0.0732. The number of nitrogens with one attached hydrogen (secondary N) is 2. The molecule has 0 aromatic heterocycles. The molecule has 0 unspecified atom stereocenters. The van der Waals surface area contributed by atoms with E-state index < -0.39 is 0 Å². The zero-order valence-electron chi connectivity index (χ0n) is 15.7. The SMILES string of the molecule is CCNC(=NCc1ccc(C)cc1C)NCC1(CCOC)CCC1. The van der Waals surface area contributed by atoms with E-state index in [2.05, 4.69) is 49.6 Å². The molecule has 4 nitrogen and oxygen atoms in total. The third kappa shape index (κ3) is 5.23. The third-order valence-corrected chi connectivity index (χ3v) is 5.13. The molecule has 1 aromatic carbocycles. The second-order valence-corrected chi connectivity index (χ2v) is 7.08. The van der Waals surface area contributed by atoms with Crippen LogP contribution in [0.15, 0.2) is 23.2 Å². The molecule has 1 aliphatic rings. The fraction of sp³-hybridized carbons (Fsp3) is 0.650. The molecule has 2 N–H and O–H groups in total. The number of methoxy groups -OCH3 is 1. The molecule has 0 spiro atoms. The van der Waals surface area contributed by atoms with E-state index in [0.29, 0.717) is 12.0 Å². The minimum atomic E-state index is 0.395. The van der Waals surface area contributed by atoms with Crippen LogP contribution in [0.25, 0.3) is 0 Å². The van der Waals surface area contributed by atoms with Gasteiger partial charge in [-0.2, -0.15) is 0 Å². The molecule has 0 bridgehead atoms. The highest BCUT2D eigenvalue weighted by molar-refractivity contribution is 5.79. The first kappa shape index (κ1) is 18.8. The van der Waals surface area contributed by atoms with Crippen molar-refractivity contribution in [1.29, 1.82) is 0 Å². The lowest BCUT2D eigenvalue weighted by Crippen LogP contribution is -2.47. The third-order valence-electron chi connectivity index (χ3n) is 5.13. The molecule has 1 saturated carbocycles. The fourth-order valence-corrected chi connectivity index (χ4v) is 3.31. The van der Waals surface area contributed by atoms with Crippen LogP contribution in [0.4, 0.5) is 0 Å². The summed E-state index contributed by atoms with van der Waals surface area (Å²) < 4.78 is 5.28. The summed E-state index contributed by atoms with van der Waals surface area (Å²) in [6, 6.07) is 6.56. The molecule has 1 fully saturated rings. The second kappa shape index (κ2) is 9.07. The van der Waals surface area contributed by atoms with Gasteiger partial charge in [0.2, 0.25) is 0 Å². The number of hydrogen-bond donors (Lipinski definition) is 2. The summed E-state index contributed by atoms with van der Waals surface area (Å²) >= 11 is 0. The van der Waals surface area contributed by atoms with E-state index in [9.17, 15) is 0 Å². The van der Waals surface area contributed by atoms with Gasteiger partial charge < -0.3 is 15.4 Å². The van der Waals surface area contributed by atoms with Gasteiger partial charge in [-0.1, -0.05) is 30.2 Å². The molecular weight excluding hydrogens is 298 g/mol. The maximum Gasteiger partial charge on any atom is 0.191 e. The quantitative estimate of drug-likeness (QED) is 0.565. The monoisotopic (exact) mass is 331 g/mol. The lowest BCUT2D eigenvalue weighted by atomic mass is 9.67. The van der Waals surface area contributed by atoms with Crippen molar-refractivity contribution < 1.29 is 4.74 Å². The van der Waals surface area contributed by atoms with Crippen LogP contribution in [0.5, 0.6) is 0 Å². The predicted molar refractivity (Wildman–Crippen MR) is 102 cm³/mol. The van der Waals surface area contributed by atoms with Crippen molar-refractivity contribution in [2.24, 2.45) is 10.4 Å². The number of benzene rings is 1. The predicted octanol–water partition coefficient (Wildman–Crippen LogP) is 3.57. The van der Waals surface area contributed by atoms with Crippen LogP contribution in [0, 0.1) is 19.3 Å². The van der Waals surface area contributed by atoms with Crippen molar-refractivity contribution >= 4 is 5.96 Å². The zero-order chi connectivity index (χ0) is 17.4. The Morgan fingerprint density at radius 1 is 1.25 bits per heavy atom. The van der Waals surface area contributed by atoms with Crippen LogP contribution < -0.4 is 10.6 Å². The molecule has 1 aromatic rings. The molecule has 0 radical (unpaired) electrons. The number of hydrogen-bond acceptors (Lipinski definition) is 2. The number of guanidine groups is 1. The molecule has 24 heavy (non-hydrogen) atoms. The summed E-state index contributed by atoms with van der Waals surface area (Å²) in [5.74, 6) is 0.918. The van der Waals surface area contributed by atoms with E-state index in [-0.39, 0.29) is 0 Å². The molecule has 0 aliphatic heterocycles. The summed E-state index contributed by atoms with van der Waals surface area (Å²) in [6.45, 7) is 9.82. The van der Waals surface area contributed by atoms with Gasteiger partial charge in [0.15, 0.2) is 5.96 Å². The zero-order valence-corrected chi connectivity index (χ0v) is 15.7. The Balaban J connectivity index is 1.95.